The predicted octanol–water partition coefficient (Wildman–Crippen LogP) is 0.0322. The highest BCUT2D eigenvalue weighted by molar-refractivity contribution is 5.82. The van der Waals surface area contributed by atoms with E-state index in [0.717, 1.165) is 25.9 Å². The molecule has 1 amide bonds. The molecule has 1 rings (SSSR count). The quantitative estimate of drug-likeness (QED) is 0.527. The summed E-state index contributed by atoms with van der Waals surface area (Å²) in [7, 11) is 0. The first-order valence-electron chi connectivity index (χ1n) is 6.51. The van der Waals surface area contributed by atoms with E-state index in [2.05, 4.69) is 17.6 Å². The number of unbranched alkanes of at least 4 members (excludes halogenated alkanes) is 1. The molecule has 100 valence electrons. The van der Waals surface area contributed by atoms with E-state index >= 15 is 0 Å². The van der Waals surface area contributed by atoms with Crippen molar-refractivity contribution in [3.8, 4) is 0 Å². The molecule has 0 aliphatic carbocycles. The highest BCUT2D eigenvalue weighted by Crippen LogP contribution is 2.05. The number of ether oxygens (including phenoxy) is 1. The van der Waals surface area contributed by atoms with Crippen molar-refractivity contribution in [2.45, 2.75) is 44.8 Å². The van der Waals surface area contributed by atoms with Gasteiger partial charge in [0.2, 0.25) is 5.91 Å². The Balaban J connectivity index is 1.93. The molecule has 1 aliphatic rings. The lowest BCUT2D eigenvalue weighted by Crippen LogP contribution is -2.40. The van der Waals surface area contributed by atoms with Gasteiger partial charge in [-0.05, 0) is 19.3 Å². The number of carbonyl (C=O) groups is 1. The second-order valence-electron chi connectivity index (χ2n) is 4.46. The van der Waals surface area contributed by atoms with Crippen molar-refractivity contribution in [2.24, 2.45) is 0 Å². The van der Waals surface area contributed by atoms with Crippen LogP contribution in [0.1, 0.15) is 32.6 Å². The van der Waals surface area contributed by atoms with Crippen LogP contribution in [-0.2, 0) is 9.53 Å². The van der Waals surface area contributed by atoms with Crippen LogP contribution < -0.4 is 10.6 Å². The number of amides is 1. The third-order valence-electron chi connectivity index (χ3n) is 2.83. The molecule has 5 heteroatoms. The Hall–Kier alpha value is -0.650. The molecular formula is C12H24N2O3. The van der Waals surface area contributed by atoms with Crippen molar-refractivity contribution < 1.29 is 14.6 Å². The van der Waals surface area contributed by atoms with Crippen LogP contribution in [0.25, 0.3) is 0 Å². The molecule has 0 aromatic rings. The van der Waals surface area contributed by atoms with E-state index in [9.17, 15) is 9.90 Å². The lowest BCUT2D eigenvalue weighted by atomic mass is 10.2. The Labute approximate surface area is 103 Å². The SMILES string of the molecule is CCCCOCCCNC(=O)C1CC(O)CN1. The van der Waals surface area contributed by atoms with E-state index in [0.29, 0.717) is 26.1 Å². The molecule has 3 N–H and O–H groups in total. The normalized spacial score (nSPS) is 23.9. The summed E-state index contributed by atoms with van der Waals surface area (Å²) in [6, 6.07) is -0.231. The largest absolute Gasteiger partial charge is 0.392 e. The van der Waals surface area contributed by atoms with Gasteiger partial charge in [-0.3, -0.25) is 4.79 Å². The highest BCUT2D eigenvalue weighted by Gasteiger charge is 2.27. The molecule has 5 nitrogen and oxygen atoms in total. The number of aliphatic hydroxyl groups is 1. The predicted molar refractivity (Wildman–Crippen MR) is 65.8 cm³/mol. The number of hydrogen-bond acceptors (Lipinski definition) is 4. The third kappa shape index (κ3) is 6.00. The van der Waals surface area contributed by atoms with E-state index in [1.54, 1.807) is 0 Å². The molecule has 0 saturated carbocycles. The summed E-state index contributed by atoms with van der Waals surface area (Å²) < 4.78 is 5.39. The molecule has 1 saturated heterocycles. The van der Waals surface area contributed by atoms with Crippen LogP contribution in [-0.4, -0.2) is 49.5 Å². The smallest absolute Gasteiger partial charge is 0.237 e. The zero-order chi connectivity index (χ0) is 12.5. The molecule has 2 atom stereocenters. The minimum Gasteiger partial charge on any atom is -0.392 e. The van der Waals surface area contributed by atoms with Crippen LogP contribution in [0, 0.1) is 0 Å². The number of nitrogens with one attached hydrogen (secondary N) is 2. The van der Waals surface area contributed by atoms with Crippen LogP contribution >= 0.6 is 0 Å². The fourth-order valence-electron chi connectivity index (χ4n) is 1.77. The van der Waals surface area contributed by atoms with Crippen LogP contribution in [0.15, 0.2) is 0 Å². The van der Waals surface area contributed by atoms with Gasteiger partial charge in [-0.2, -0.15) is 0 Å². The Kier molecular flexibility index (Phi) is 7.16. The maximum Gasteiger partial charge on any atom is 0.237 e. The third-order valence-corrected chi connectivity index (χ3v) is 2.83. The van der Waals surface area contributed by atoms with Crippen molar-refractivity contribution >= 4 is 5.91 Å². The summed E-state index contributed by atoms with van der Waals surface area (Å²) in [6.07, 6.45) is 3.20. The molecule has 0 aromatic heterocycles. The van der Waals surface area contributed by atoms with Crippen LogP contribution in [0.5, 0.6) is 0 Å². The molecule has 1 fully saturated rings. The fraction of sp³-hybridized carbons (Fsp3) is 0.917. The van der Waals surface area contributed by atoms with E-state index in [1.165, 1.54) is 0 Å². The molecule has 1 heterocycles. The first kappa shape index (κ1) is 14.4. The monoisotopic (exact) mass is 244 g/mol. The standard InChI is InChI=1S/C12H24N2O3/c1-2-3-6-17-7-4-5-13-12(16)11-8-10(15)9-14-11/h10-11,14-15H,2-9H2,1H3,(H,13,16). The van der Waals surface area contributed by atoms with Crippen molar-refractivity contribution in [3.05, 3.63) is 0 Å². The Bertz CT molecular complexity index is 224. The van der Waals surface area contributed by atoms with E-state index in [4.69, 9.17) is 4.74 Å². The summed E-state index contributed by atoms with van der Waals surface area (Å²) in [6.45, 7) is 4.78. The first-order chi connectivity index (χ1) is 8.24. The van der Waals surface area contributed by atoms with Gasteiger partial charge in [0.05, 0.1) is 12.1 Å². The molecule has 0 radical (unpaired) electrons. The average molecular weight is 244 g/mol. The molecule has 1 aliphatic heterocycles. The minimum absolute atomic E-state index is 0.0184. The second-order valence-corrected chi connectivity index (χ2v) is 4.46. The molecule has 0 spiro atoms. The maximum atomic E-state index is 11.6. The van der Waals surface area contributed by atoms with E-state index in [-0.39, 0.29) is 18.1 Å². The molecule has 17 heavy (non-hydrogen) atoms. The summed E-state index contributed by atoms with van der Waals surface area (Å²) in [4.78, 5) is 11.6. The zero-order valence-electron chi connectivity index (χ0n) is 10.6. The van der Waals surface area contributed by atoms with Gasteiger partial charge in [-0.25, -0.2) is 0 Å². The van der Waals surface area contributed by atoms with Crippen molar-refractivity contribution in [2.75, 3.05) is 26.3 Å². The second kappa shape index (κ2) is 8.44. The first-order valence-corrected chi connectivity index (χ1v) is 6.51. The number of aliphatic hydroxyl groups excluding tert-OH is 1. The number of hydrogen-bond donors (Lipinski definition) is 3. The van der Waals surface area contributed by atoms with E-state index < -0.39 is 0 Å². The van der Waals surface area contributed by atoms with E-state index in [1.807, 2.05) is 0 Å². The maximum absolute atomic E-state index is 11.6. The summed E-state index contributed by atoms with van der Waals surface area (Å²) in [5, 5.41) is 15.1. The lowest BCUT2D eigenvalue weighted by Gasteiger charge is -2.10. The summed E-state index contributed by atoms with van der Waals surface area (Å²) in [5.74, 6) is -0.0184. The zero-order valence-corrected chi connectivity index (χ0v) is 10.6. The molecule has 0 bridgehead atoms. The molecule has 2 unspecified atom stereocenters. The Morgan fingerprint density at radius 1 is 1.47 bits per heavy atom. The van der Waals surface area contributed by atoms with Crippen molar-refractivity contribution in [1.29, 1.82) is 0 Å². The van der Waals surface area contributed by atoms with Crippen molar-refractivity contribution in [3.63, 3.8) is 0 Å². The van der Waals surface area contributed by atoms with Gasteiger partial charge in [-0.15, -0.1) is 0 Å². The van der Waals surface area contributed by atoms with Gasteiger partial charge >= 0.3 is 0 Å². The highest BCUT2D eigenvalue weighted by atomic mass is 16.5. The fourth-order valence-corrected chi connectivity index (χ4v) is 1.77. The van der Waals surface area contributed by atoms with Gasteiger partial charge in [0.15, 0.2) is 0 Å². The van der Waals surface area contributed by atoms with Crippen LogP contribution in [0.3, 0.4) is 0 Å². The minimum atomic E-state index is -0.386. The van der Waals surface area contributed by atoms with Gasteiger partial charge in [0.25, 0.3) is 0 Å². The summed E-state index contributed by atoms with van der Waals surface area (Å²) >= 11 is 0. The Morgan fingerprint density at radius 2 is 2.24 bits per heavy atom. The van der Waals surface area contributed by atoms with Crippen LogP contribution in [0.2, 0.25) is 0 Å². The summed E-state index contributed by atoms with van der Waals surface area (Å²) in [5.41, 5.74) is 0. The number of carbonyl (C=O) groups excluding carboxylic acids is 1. The Morgan fingerprint density at radius 3 is 2.88 bits per heavy atom. The average Bonchev–Trinajstić information content (AvgIpc) is 2.74. The lowest BCUT2D eigenvalue weighted by molar-refractivity contribution is -0.122. The number of rotatable bonds is 8. The van der Waals surface area contributed by atoms with Gasteiger partial charge < -0.3 is 20.5 Å². The van der Waals surface area contributed by atoms with Gasteiger partial charge in [0.1, 0.15) is 0 Å². The number of β-amino-alcohol motifs (C(OH)–C–C–N with tert-alkyl or cyclic N) is 1. The molecule has 0 aromatic carbocycles. The van der Waals surface area contributed by atoms with Crippen molar-refractivity contribution in [1.82, 2.24) is 10.6 Å². The topological polar surface area (TPSA) is 70.6 Å². The van der Waals surface area contributed by atoms with Gasteiger partial charge in [-0.1, -0.05) is 13.3 Å². The van der Waals surface area contributed by atoms with Gasteiger partial charge in [0, 0.05) is 26.3 Å². The molecular weight excluding hydrogens is 220 g/mol. The van der Waals surface area contributed by atoms with Crippen LogP contribution in [0.4, 0.5) is 0 Å².